The first-order valence-corrected chi connectivity index (χ1v) is 6.82. The number of carbonyl (C=O) groups is 1. The van der Waals surface area contributed by atoms with E-state index in [1.807, 2.05) is 4.90 Å². The van der Waals surface area contributed by atoms with Gasteiger partial charge in [0.05, 0.1) is 6.26 Å². The van der Waals surface area contributed by atoms with Crippen molar-refractivity contribution in [2.45, 2.75) is 0 Å². The molecule has 4 heterocycles. The van der Waals surface area contributed by atoms with Crippen LogP contribution in [0.2, 0.25) is 0 Å². The van der Waals surface area contributed by atoms with E-state index in [9.17, 15) is 4.79 Å². The minimum absolute atomic E-state index is 0.0547. The van der Waals surface area contributed by atoms with Gasteiger partial charge in [-0.15, -0.1) is 0 Å². The molecule has 0 unspecified atom stereocenters. The third-order valence-electron chi connectivity index (χ3n) is 4.17. The Morgan fingerprint density at radius 2 is 2.10 bits per heavy atom. The molecule has 0 saturated carbocycles. The normalized spacial score (nSPS) is 25.1. The predicted octanol–water partition coefficient (Wildman–Crippen LogP) is 1.23. The molecule has 4 rings (SSSR count). The number of hydrogen-bond donors (Lipinski definition) is 1. The molecule has 2 fully saturated rings. The molecule has 2 aliphatic heterocycles. The first-order valence-electron chi connectivity index (χ1n) is 6.82. The van der Waals surface area contributed by atoms with E-state index in [4.69, 9.17) is 8.94 Å². The minimum Gasteiger partial charge on any atom is -0.461 e. The molecule has 2 saturated heterocycles. The Morgan fingerprint density at radius 3 is 2.80 bits per heavy atom. The lowest BCUT2D eigenvalue weighted by molar-refractivity contribution is 0.0771. The molecule has 6 nitrogen and oxygen atoms in total. The number of hydrogen-bond acceptors (Lipinski definition) is 5. The van der Waals surface area contributed by atoms with Crippen molar-refractivity contribution in [2.75, 3.05) is 26.2 Å². The molecular weight excluding hydrogens is 258 g/mol. The summed E-state index contributed by atoms with van der Waals surface area (Å²) in [7, 11) is 0. The van der Waals surface area contributed by atoms with Crippen molar-refractivity contribution < 1.29 is 13.7 Å². The number of carbonyl (C=O) groups excluding carboxylic acids is 1. The van der Waals surface area contributed by atoms with Crippen LogP contribution in [0.25, 0.3) is 11.5 Å². The Balaban J connectivity index is 1.52. The van der Waals surface area contributed by atoms with E-state index in [1.54, 1.807) is 24.5 Å². The topological polar surface area (TPSA) is 71.5 Å². The smallest absolute Gasteiger partial charge is 0.276 e. The van der Waals surface area contributed by atoms with E-state index in [-0.39, 0.29) is 5.91 Å². The quantitative estimate of drug-likeness (QED) is 0.891. The zero-order valence-electron chi connectivity index (χ0n) is 10.9. The lowest BCUT2D eigenvalue weighted by atomic mass is 10.0. The van der Waals surface area contributed by atoms with Crippen molar-refractivity contribution in [1.82, 2.24) is 15.4 Å². The summed E-state index contributed by atoms with van der Waals surface area (Å²) < 4.78 is 10.4. The molecule has 2 aliphatic rings. The standard InChI is InChI=1S/C14H15N3O3/c18-14(17-7-9-5-15-6-10(9)8-17)11-4-13(20-16-11)12-2-1-3-19-12/h1-4,9-10,15H,5-8H2/t9-,10+. The van der Waals surface area contributed by atoms with Crippen molar-refractivity contribution in [2.24, 2.45) is 11.8 Å². The summed E-state index contributed by atoms with van der Waals surface area (Å²) in [5.74, 6) is 2.17. The van der Waals surface area contributed by atoms with Gasteiger partial charge in [-0.25, -0.2) is 0 Å². The number of likely N-dealkylation sites (tertiary alicyclic amines) is 1. The van der Waals surface area contributed by atoms with Crippen LogP contribution in [-0.4, -0.2) is 42.1 Å². The van der Waals surface area contributed by atoms with Crippen LogP contribution in [-0.2, 0) is 0 Å². The van der Waals surface area contributed by atoms with Crippen molar-refractivity contribution >= 4 is 5.91 Å². The van der Waals surface area contributed by atoms with Crippen LogP contribution in [0.3, 0.4) is 0 Å². The molecule has 1 amide bonds. The maximum Gasteiger partial charge on any atom is 0.276 e. The molecular formula is C14H15N3O3. The molecule has 0 radical (unpaired) electrons. The van der Waals surface area contributed by atoms with Gasteiger partial charge in [-0.1, -0.05) is 5.16 Å². The zero-order valence-corrected chi connectivity index (χ0v) is 10.9. The number of rotatable bonds is 2. The number of nitrogens with one attached hydrogen (secondary N) is 1. The largest absolute Gasteiger partial charge is 0.461 e. The van der Waals surface area contributed by atoms with Crippen LogP contribution in [0, 0.1) is 11.8 Å². The highest BCUT2D eigenvalue weighted by molar-refractivity contribution is 5.93. The van der Waals surface area contributed by atoms with Crippen LogP contribution in [0.15, 0.2) is 33.4 Å². The fraction of sp³-hybridized carbons (Fsp3) is 0.429. The van der Waals surface area contributed by atoms with Crippen LogP contribution in [0.4, 0.5) is 0 Å². The molecule has 2 atom stereocenters. The lowest BCUT2D eigenvalue weighted by Crippen LogP contribution is -2.32. The molecule has 6 heteroatoms. The van der Waals surface area contributed by atoms with Gasteiger partial charge in [-0.3, -0.25) is 4.79 Å². The van der Waals surface area contributed by atoms with E-state index >= 15 is 0 Å². The second kappa shape index (κ2) is 4.49. The summed E-state index contributed by atoms with van der Waals surface area (Å²) in [5.41, 5.74) is 0.351. The maximum absolute atomic E-state index is 12.4. The fourth-order valence-electron chi connectivity index (χ4n) is 3.09. The molecule has 2 aromatic heterocycles. The third-order valence-corrected chi connectivity index (χ3v) is 4.17. The monoisotopic (exact) mass is 273 g/mol. The van der Waals surface area contributed by atoms with Crippen molar-refractivity contribution in [3.63, 3.8) is 0 Å². The minimum atomic E-state index is -0.0547. The summed E-state index contributed by atoms with van der Waals surface area (Å²) in [5, 5.41) is 7.23. The van der Waals surface area contributed by atoms with E-state index < -0.39 is 0 Å². The summed E-state index contributed by atoms with van der Waals surface area (Å²) in [6, 6.07) is 5.20. The Kier molecular flexibility index (Phi) is 2.63. The van der Waals surface area contributed by atoms with Crippen molar-refractivity contribution in [1.29, 1.82) is 0 Å². The summed E-state index contributed by atoms with van der Waals surface area (Å²) in [6.45, 7) is 3.62. The average molecular weight is 273 g/mol. The first-order chi connectivity index (χ1) is 9.81. The van der Waals surface area contributed by atoms with Crippen LogP contribution in [0.1, 0.15) is 10.5 Å². The van der Waals surface area contributed by atoms with E-state index in [1.165, 1.54) is 0 Å². The molecule has 2 aromatic rings. The van der Waals surface area contributed by atoms with Crippen molar-refractivity contribution in [3.05, 3.63) is 30.2 Å². The SMILES string of the molecule is O=C(c1cc(-c2ccco2)on1)N1C[C@H]2CNC[C@H]2C1. The highest BCUT2D eigenvalue weighted by Crippen LogP contribution is 2.28. The Bertz CT molecular complexity index is 607. The Morgan fingerprint density at radius 1 is 1.30 bits per heavy atom. The molecule has 1 N–H and O–H groups in total. The highest BCUT2D eigenvalue weighted by atomic mass is 16.5. The maximum atomic E-state index is 12.4. The Hall–Kier alpha value is -2.08. The van der Waals surface area contributed by atoms with Gasteiger partial charge >= 0.3 is 0 Å². The number of fused-ring (bicyclic) bond motifs is 1. The second-order valence-corrected chi connectivity index (χ2v) is 5.44. The average Bonchev–Trinajstić information content (AvgIpc) is 3.19. The van der Waals surface area contributed by atoms with Gasteiger partial charge in [0.2, 0.25) is 5.76 Å². The van der Waals surface area contributed by atoms with Gasteiger partial charge in [-0.05, 0) is 24.0 Å². The summed E-state index contributed by atoms with van der Waals surface area (Å²) in [6.07, 6.45) is 1.56. The zero-order chi connectivity index (χ0) is 13.5. The summed E-state index contributed by atoms with van der Waals surface area (Å²) in [4.78, 5) is 14.3. The van der Waals surface area contributed by atoms with Gasteiger partial charge in [0.25, 0.3) is 5.91 Å². The number of nitrogens with zero attached hydrogens (tertiary/aromatic N) is 2. The summed E-state index contributed by atoms with van der Waals surface area (Å²) >= 11 is 0. The van der Waals surface area contributed by atoms with Gasteiger partial charge < -0.3 is 19.2 Å². The van der Waals surface area contributed by atoms with Gasteiger partial charge in [0.1, 0.15) is 0 Å². The number of aromatic nitrogens is 1. The molecule has 0 spiro atoms. The van der Waals surface area contributed by atoms with Gasteiger partial charge in [-0.2, -0.15) is 0 Å². The molecule has 0 aliphatic carbocycles. The van der Waals surface area contributed by atoms with Crippen LogP contribution in [0.5, 0.6) is 0 Å². The molecule has 0 aromatic carbocycles. The van der Waals surface area contributed by atoms with Crippen LogP contribution < -0.4 is 5.32 Å². The second-order valence-electron chi connectivity index (χ2n) is 5.44. The Labute approximate surface area is 115 Å². The fourth-order valence-corrected chi connectivity index (χ4v) is 3.09. The lowest BCUT2D eigenvalue weighted by Gasteiger charge is -2.15. The molecule has 104 valence electrons. The molecule has 0 bridgehead atoms. The molecule has 20 heavy (non-hydrogen) atoms. The first kappa shape index (κ1) is 11.7. The van der Waals surface area contributed by atoms with E-state index in [0.29, 0.717) is 29.1 Å². The predicted molar refractivity (Wildman–Crippen MR) is 70.0 cm³/mol. The van der Waals surface area contributed by atoms with Crippen molar-refractivity contribution in [3.8, 4) is 11.5 Å². The number of amides is 1. The van der Waals surface area contributed by atoms with E-state index in [0.717, 1.165) is 26.2 Å². The van der Waals surface area contributed by atoms with Gasteiger partial charge in [0, 0.05) is 32.2 Å². The highest BCUT2D eigenvalue weighted by Gasteiger charge is 2.39. The van der Waals surface area contributed by atoms with Gasteiger partial charge in [0.15, 0.2) is 11.5 Å². The third kappa shape index (κ3) is 1.84. The van der Waals surface area contributed by atoms with E-state index in [2.05, 4.69) is 10.5 Å². The van der Waals surface area contributed by atoms with Crippen LogP contribution >= 0.6 is 0 Å². The number of furan rings is 1.